The van der Waals surface area contributed by atoms with Gasteiger partial charge in [-0.1, -0.05) is 18.2 Å². The van der Waals surface area contributed by atoms with Crippen molar-refractivity contribution in [1.29, 1.82) is 0 Å². The van der Waals surface area contributed by atoms with Crippen LogP contribution in [0.4, 0.5) is 11.4 Å². The van der Waals surface area contributed by atoms with Gasteiger partial charge >= 0.3 is 0 Å². The van der Waals surface area contributed by atoms with Crippen molar-refractivity contribution in [1.82, 2.24) is 0 Å². The van der Waals surface area contributed by atoms with Crippen LogP contribution < -0.4 is 9.62 Å². The van der Waals surface area contributed by atoms with Crippen molar-refractivity contribution in [3.05, 3.63) is 48.0 Å². The molecule has 2 aromatic carbocycles. The number of nitrogens with zero attached hydrogens (tertiary/aromatic N) is 1. The van der Waals surface area contributed by atoms with Gasteiger partial charge in [-0.25, -0.2) is 8.42 Å². The number of ether oxygens (including phenoxy) is 1. The van der Waals surface area contributed by atoms with E-state index in [-0.39, 0.29) is 10.6 Å². The maximum absolute atomic E-state index is 12.7. The molecule has 0 aliphatic carbocycles. The molecule has 0 amide bonds. The minimum absolute atomic E-state index is 0.126. The zero-order chi connectivity index (χ0) is 17.2. The molecule has 0 aromatic heterocycles. The van der Waals surface area contributed by atoms with Gasteiger partial charge in [0.15, 0.2) is 0 Å². The van der Waals surface area contributed by atoms with Crippen LogP contribution in [0, 0.1) is 6.92 Å². The summed E-state index contributed by atoms with van der Waals surface area (Å²) in [4.78, 5) is 1.96. The molecule has 1 aliphatic heterocycles. The molecule has 1 heterocycles. The predicted octanol–water partition coefficient (Wildman–Crippen LogP) is 2.34. The van der Waals surface area contributed by atoms with E-state index in [1.807, 2.05) is 12.1 Å². The van der Waals surface area contributed by atoms with Gasteiger partial charge in [-0.05, 0) is 36.8 Å². The van der Waals surface area contributed by atoms with Crippen LogP contribution in [0.1, 0.15) is 5.56 Å². The van der Waals surface area contributed by atoms with Gasteiger partial charge < -0.3 is 14.7 Å². The summed E-state index contributed by atoms with van der Waals surface area (Å²) in [5.74, 6) is -0.267. The monoisotopic (exact) mass is 348 g/mol. The molecule has 7 heteroatoms. The van der Waals surface area contributed by atoms with E-state index >= 15 is 0 Å². The van der Waals surface area contributed by atoms with Crippen molar-refractivity contribution in [3.63, 3.8) is 0 Å². The third-order valence-corrected chi connectivity index (χ3v) is 5.30. The van der Waals surface area contributed by atoms with Gasteiger partial charge in [0.05, 0.1) is 24.6 Å². The minimum Gasteiger partial charge on any atom is -0.507 e. The molecule has 1 saturated heterocycles. The lowest BCUT2D eigenvalue weighted by molar-refractivity contribution is 0.123. The zero-order valence-electron chi connectivity index (χ0n) is 13.4. The van der Waals surface area contributed by atoms with E-state index < -0.39 is 10.0 Å². The predicted molar refractivity (Wildman–Crippen MR) is 93.1 cm³/mol. The second-order valence-electron chi connectivity index (χ2n) is 5.69. The molecule has 0 spiro atoms. The summed E-state index contributed by atoms with van der Waals surface area (Å²) in [5.41, 5.74) is 2.05. The SMILES string of the molecule is Cc1ccc(O)c(S(=O)(=O)Nc2ccccc2N2CCOCC2)c1. The lowest BCUT2D eigenvalue weighted by atomic mass is 10.2. The number of hydrogen-bond donors (Lipinski definition) is 2. The maximum atomic E-state index is 12.7. The number of anilines is 2. The first kappa shape index (κ1) is 16.6. The Balaban J connectivity index is 1.94. The van der Waals surface area contributed by atoms with Crippen molar-refractivity contribution in [3.8, 4) is 5.75 Å². The summed E-state index contributed by atoms with van der Waals surface area (Å²) in [7, 11) is -3.89. The molecule has 128 valence electrons. The summed E-state index contributed by atoms with van der Waals surface area (Å²) >= 11 is 0. The molecule has 0 unspecified atom stereocenters. The number of benzene rings is 2. The van der Waals surface area contributed by atoms with E-state index in [4.69, 9.17) is 4.74 Å². The summed E-state index contributed by atoms with van der Waals surface area (Å²) in [6.07, 6.45) is 0. The summed E-state index contributed by atoms with van der Waals surface area (Å²) in [5, 5.41) is 9.92. The fraction of sp³-hybridized carbons (Fsp3) is 0.294. The number of aromatic hydroxyl groups is 1. The van der Waals surface area contributed by atoms with Crippen LogP contribution in [0.3, 0.4) is 0 Å². The lowest BCUT2D eigenvalue weighted by Gasteiger charge is -2.30. The van der Waals surface area contributed by atoms with Crippen LogP contribution in [0.25, 0.3) is 0 Å². The van der Waals surface area contributed by atoms with Gasteiger partial charge in [0.1, 0.15) is 10.6 Å². The highest BCUT2D eigenvalue weighted by Crippen LogP contribution is 2.31. The highest BCUT2D eigenvalue weighted by molar-refractivity contribution is 7.92. The summed E-state index contributed by atoms with van der Waals surface area (Å²) < 4.78 is 33.3. The van der Waals surface area contributed by atoms with Crippen LogP contribution in [0.2, 0.25) is 0 Å². The van der Waals surface area contributed by atoms with Crippen molar-refractivity contribution in [2.24, 2.45) is 0 Å². The fourth-order valence-electron chi connectivity index (χ4n) is 2.68. The number of para-hydroxylation sites is 2. The van der Waals surface area contributed by atoms with Crippen LogP contribution >= 0.6 is 0 Å². The van der Waals surface area contributed by atoms with E-state index in [0.717, 1.165) is 11.3 Å². The van der Waals surface area contributed by atoms with Gasteiger partial charge in [-0.2, -0.15) is 0 Å². The van der Waals surface area contributed by atoms with Gasteiger partial charge in [-0.15, -0.1) is 0 Å². The Hall–Kier alpha value is -2.25. The fourth-order valence-corrected chi connectivity index (χ4v) is 3.93. The molecule has 2 N–H and O–H groups in total. The Bertz CT molecular complexity index is 830. The average molecular weight is 348 g/mol. The van der Waals surface area contributed by atoms with E-state index in [1.165, 1.54) is 12.1 Å². The van der Waals surface area contributed by atoms with E-state index in [2.05, 4.69) is 9.62 Å². The third kappa shape index (κ3) is 3.47. The van der Waals surface area contributed by atoms with E-state index in [0.29, 0.717) is 32.0 Å². The molecule has 1 fully saturated rings. The third-order valence-electron chi connectivity index (χ3n) is 3.90. The largest absolute Gasteiger partial charge is 0.507 e. The molecule has 3 rings (SSSR count). The second-order valence-corrected chi connectivity index (χ2v) is 7.34. The lowest BCUT2D eigenvalue weighted by Crippen LogP contribution is -2.36. The standard InChI is InChI=1S/C17H20N2O4S/c1-13-6-7-16(20)17(12-13)24(21,22)18-14-4-2-3-5-15(14)19-8-10-23-11-9-19/h2-7,12,18,20H,8-11H2,1H3. The van der Waals surface area contributed by atoms with Gasteiger partial charge in [0.25, 0.3) is 10.0 Å². The smallest absolute Gasteiger partial charge is 0.265 e. The number of phenolic OH excluding ortho intramolecular Hbond substituents is 1. The van der Waals surface area contributed by atoms with Gasteiger partial charge in [0, 0.05) is 13.1 Å². The Kier molecular flexibility index (Phi) is 4.64. The van der Waals surface area contributed by atoms with Crippen LogP contribution in [-0.4, -0.2) is 39.8 Å². The van der Waals surface area contributed by atoms with Crippen molar-refractivity contribution >= 4 is 21.4 Å². The molecule has 0 radical (unpaired) electrons. The summed E-state index contributed by atoms with van der Waals surface area (Å²) in [6, 6.07) is 11.7. The first-order valence-corrected chi connectivity index (χ1v) is 9.20. The second kappa shape index (κ2) is 6.70. The number of hydrogen-bond acceptors (Lipinski definition) is 5. The molecule has 0 bridgehead atoms. The first-order chi connectivity index (χ1) is 11.5. The number of morpholine rings is 1. The maximum Gasteiger partial charge on any atom is 0.265 e. The minimum atomic E-state index is -3.89. The molecule has 2 aromatic rings. The Morgan fingerprint density at radius 2 is 1.83 bits per heavy atom. The quantitative estimate of drug-likeness (QED) is 0.887. The van der Waals surface area contributed by atoms with Crippen molar-refractivity contribution in [2.45, 2.75) is 11.8 Å². The first-order valence-electron chi connectivity index (χ1n) is 7.71. The number of rotatable bonds is 4. The van der Waals surface area contributed by atoms with Crippen molar-refractivity contribution < 1.29 is 18.3 Å². The molecule has 6 nitrogen and oxygen atoms in total. The van der Waals surface area contributed by atoms with Gasteiger partial charge in [0.2, 0.25) is 0 Å². The topological polar surface area (TPSA) is 78.9 Å². The highest BCUT2D eigenvalue weighted by Gasteiger charge is 2.22. The number of sulfonamides is 1. The van der Waals surface area contributed by atoms with Crippen LogP contribution in [0.5, 0.6) is 5.75 Å². The number of nitrogens with one attached hydrogen (secondary N) is 1. The molecular weight excluding hydrogens is 328 g/mol. The van der Waals surface area contributed by atoms with Crippen LogP contribution in [0.15, 0.2) is 47.4 Å². The van der Waals surface area contributed by atoms with Gasteiger partial charge in [-0.3, -0.25) is 4.72 Å². The molecule has 0 saturated carbocycles. The molecule has 1 aliphatic rings. The number of phenols is 1. The van der Waals surface area contributed by atoms with E-state index in [9.17, 15) is 13.5 Å². The normalized spacial score (nSPS) is 15.3. The Morgan fingerprint density at radius 3 is 2.58 bits per heavy atom. The highest BCUT2D eigenvalue weighted by atomic mass is 32.2. The Labute approximate surface area is 141 Å². The molecular formula is C17H20N2O4S. The molecule has 24 heavy (non-hydrogen) atoms. The van der Waals surface area contributed by atoms with E-state index in [1.54, 1.807) is 25.1 Å². The zero-order valence-corrected chi connectivity index (χ0v) is 14.2. The van der Waals surface area contributed by atoms with Crippen molar-refractivity contribution in [2.75, 3.05) is 35.9 Å². The average Bonchev–Trinajstić information content (AvgIpc) is 2.58. The van der Waals surface area contributed by atoms with Crippen LogP contribution in [-0.2, 0) is 14.8 Å². The Morgan fingerprint density at radius 1 is 1.12 bits per heavy atom. The summed E-state index contributed by atoms with van der Waals surface area (Å²) in [6.45, 7) is 4.41. The molecule has 0 atom stereocenters. The number of aryl methyl sites for hydroxylation is 1.